The van der Waals surface area contributed by atoms with E-state index in [1.807, 2.05) is 38.1 Å². The highest BCUT2D eigenvalue weighted by Crippen LogP contribution is 2.21. The molecule has 0 spiro atoms. The van der Waals surface area contributed by atoms with Crippen molar-refractivity contribution in [2.75, 3.05) is 0 Å². The SMILES string of the molecule is CCC(NCc1ccc(F)cc1)c1ccc(OC(C)C)cc1. The fraction of sp³-hybridized carbons (Fsp3) is 0.368. The van der Waals surface area contributed by atoms with Crippen LogP contribution in [0.25, 0.3) is 0 Å². The van der Waals surface area contributed by atoms with Crippen LogP contribution in [0.4, 0.5) is 4.39 Å². The second kappa shape index (κ2) is 7.95. The lowest BCUT2D eigenvalue weighted by Gasteiger charge is -2.18. The maximum absolute atomic E-state index is 12.9. The van der Waals surface area contributed by atoms with E-state index < -0.39 is 0 Å². The number of ether oxygens (including phenoxy) is 1. The largest absolute Gasteiger partial charge is 0.491 e. The van der Waals surface area contributed by atoms with Crippen molar-refractivity contribution in [2.45, 2.75) is 45.9 Å². The summed E-state index contributed by atoms with van der Waals surface area (Å²) >= 11 is 0. The zero-order chi connectivity index (χ0) is 15.9. The zero-order valence-corrected chi connectivity index (χ0v) is 13.5. The molecule has 0 radical (unpaired) electrons. The molecular formula is C19H24FNO. The number of rotatable bonds is 7. The molecule has 1 atom stereocenters. The van der Waals surface area contributed by atoms with E-state index in [1.165, 1.54) is 17.7 Å². The summed E-state index contributed by atoms with van der Waals surface area (Å²) in [7, 11) is 0. The van der Waals surface area contributed by atoms with Gasteiger partial charge in [0.2, 0.25) is 0 Å². The van der Waals surface area contributed by atoms with E-state index in [0.717, 1.165) is 24.3 Å². The summed E-state index contributed by atoms with van der Waals surface area (Å²) < 4.78 is 18.6. The third-order valence-electron chi connectivity index (χ3n) is 3.53. The average Bonchev–Trinajstić information content (AvgIpc) is 2.50. The van der Waals surface area contributed by atoms with Gasteiger partial charge in [-0.3, -0.25) is 0 Å². The van der Waals surface area contributed by atoms with Crippen molar-refractivity contribution in [3.63, 3.8) is 0 Å². The average molecular weight is 301 g/mol. The van der Waals surface area contributed by atoms with Crippen molar-refractivity contribution in [3.05, 3.63) is 65.5 Å². The molecule has 0 saturated heterocycles. The molecule has 3 heteroatoms. The molecule has 0 heterocycles. The van der Waals surface area contributed by atoms with Crippen molar-refractivity contribution >= 4 is 0 Å². The standard InChI is InChI=1S/C19H24FNO/c1-4-19(21-13-15-5-9-17(20)10-6-15)16-7-11-18(12-8-16)22-14(2)3/h5-12,14,19,21H,4,13H2,1-3H3. The van der Waals surface area contributed by atoms with Crippen LogP contribution in [-0.2, 0) is 6.54 Å². The molecule has 2 aromatic rings. The summed E-state index contributed by atoms with van der Waals surface area (Å²) in [6.07, 6.45) is 1.18. The second-order valence-corrected chi connectivity index (χ2v) is 5.70. The first-order valence-electron chi connectivity index (χ1n) is 7.83. The highest BCUT2D eigenvalue weighted by Gasteiger charge is 2.09. The summed E-state index contributed by atoms with van der Waals surface area (Å²) in [6.45, 7) is 6.92. The molecule has 118 valence electrons. The Hall–Kier alpha value is -1.87. The summed E-state index contributed by atoms with van der Waals surface area (Å²) in [6, 6.07) is 15.1. The third kappa shape index (κ3) is 4.85. The fourth-order valence-corrected chi connectivity index (χ4v) is 2.39. The Balaban J connectivity index is 1.97. The van der Waals surface area contributed by atoms with Crippen LogP contribution in [0.15, 0.2) is 48.5 Å². The lowest BCUT2D eigenvalue weighted by Crippen LogP contribution is -2.20. The number of hydrogen-bond acceptors (Lipinski definition) is 2. The Kier molecular flexibility index (Phi) is 5.96. The lowest BCUT2D eigenvalue weighted by atomic mass is 10.0. The van der Waals surface area contributed by atoms with Gasteiger partial charge in [0.25, 0.3) is 0 Å². The quantitative estimate of drug-likeness (QED) is 0.789. The molecule has 0 bridgehead atoms. The molecule has 2 aromatic carbocycles. The summed E-state index contributed by atoms with van der Waals surface area (Å²) in [5.41, 5.74) is 2.32. The predicted octanol–water partition coefficient (Wildman–Crippen LogP) is 4.85. The van der Waals surface area contributed by atoms with Crippen LogP contribution in [0.5, 0.6) is 5.75 Å². The van der Waals surface area contributed by atoms with E-state index >= 15 is 0 Å². The molecule has 1 N–H and O–H groups in total. The van der Waals surface area contributed by atoms with E-state index in [1.54, 1.807) is 0 Å². The van der Waals surface area contributed by atoms with Gasteiger partial charge in [0, 0.05) is 12.6 Å². The van der Waals surface area contributed by atoms with Gasteiger partial charge in [-0.25, -0.2) is 4.39 Å². The first-order valence-corrected chi connectivity index (χ1v) is 7.83. The Morgan fingerprint density at radius 2 is 1.64 bits per heavy atom. The molecule has 0 aliphatic rings. The fourth-order valence-electron chi connectivity index (χ4n) is 2.39. The monoisotopic (exact) mass is 301 g/mol. The van der Waals surface area contributed by atoms with Crippen LogP contribution in [0.1, 0.15) is 44.4 Å². The van der Waals surface area contributed by atoms with Crippen molar-refractivity contribution in [2.24, 2.45) is 0 Å². The van der Waals surface area contributed by atoms with Crippen molar-refractivity contribution in [3.8, 4) is 5.75 Å². The molecular weight excluding hydrogens is 277 g/mol. The van der Waals surface area contributed by atoms with E-state index in [9.17, 15) is 4.39 Å². The Morgan fingerprint density at radius 3 is 2.18 bits per heavy atom. The second-order valence-electron chi connectivity index (χ2n) is 5.70. The molecule has 0 aliphatic carbocycles. The predicted molar refractivity (Wildman–Crippen MR) is 88.5 cm³/mol. The number of benzene rings is 2. The Bertz CT molecular complexity index is 563. The maximum Gasteiger partial charge on any atom is 0.123 e. The molecule has 0 fully saturated rings. The van der Waals surface area contributed by atoms with Gasteiger partial charge >= 0.3 is 0 Å². The van der Waals surface area contributed by atoms with E-state index in [4.69, 9.17) is 4.74 Å². The van der Waals surface area contributed by atoms with Crippen molar-refractivity contribution in [1.29, 1.82) is 0 Å². The molecule has 0 aliphatic heterocycles. The first kappa shape index (κ1) is 16.5. The summed E-state index contributed by atoms with van der Waals surface area (Å²) in [5, 5.41) is 3.52. The molecule has 2 rings (SSSR count). The van der Waals surface area contributed by atoms with Gasteiger partial charge in [-0.15, -0.1) is 0 Å². The van der Waals surface area contributed by atoms with E-state index in [0.29, 0.717) is 0 Å². The van der Waals surface area contributed by atoms with Crippen LogP contribution in [0.3, 0.4) is 0 Å². The Labute approximate surface area is 132 Å². The topological polar surface area (TPSA) is 21.3 Å². The van der Waals surface area contributed by atoms with Gasteiger partial charge in [0.1, 0.15) is 11.6 Å². The molecule has 1 unspecified atom stereocenters. The van der Waals surface area contributed by atoms with Crippen LogP contribution < -0.4 is 10.1 Å². The van der Waals surface area contributed by atoms with Gasteiger partial charge in [-0.2, -0.15) is 0 Å². The summed E-state index contributed by atoms with van der Waals surface area (Å²) in [5.74, 6) is 0.698. The van der Waals surface area contributed by atoms with Crippen LogP contribution in [0.2, 0.25) is 0 Å². The maximum atomic E-state index is 12.9. The van der Waals surface area contributed by atoms with Gasteiger partial charge < -0.3 is 10.1 Å². The zero-order valence-electron chi connectivity index (χ0n) is 13.5. The molecule has 0 aromatic heterocycles. The molecule has 0 amide bonds. The lowest BCUT2D eigenvalue weighted by molar-refractivity contribution is 0.242. The minimum Gasteiger partial charge on any atom is -0.491 e. The Morgan fingerprint density at radius 1 is 1.00 bits per heavy atom. The minimum absolute atomic E-state index is 0.185. The third-order valence-corrected chi connectivity index (χ3v) is 3.53. The number of halogens is 1. The minimum atomic E-state index is -0.198. The number of nitrogens with one attached hydrogen (secondary N) is 1. The molecule has 22 heavy (non-hydrogen) atoms. The van der Waals surface area contributed by atoms with Gasteiger partial charge in [0.05, 0.1) is 6.10 Å². The highest BCUT2D eigenvalue weighted by atomic mass is 19.1. The van der Waals surface area contributed by atoms with Crippen LogP contribution >= 0.6 is 0 Å². The molecule has 0 saturated carbocycles. The smallest absolute Gasteiger partial charge is 0.123 e. The van der Waals surface area contributed by atoms with Gasteiger partial charge in [0.15, 0.2) is 0 Å². The van der Waals surface area contributed by atoms with E-state index in [2.05, 4.69) is 24.4 Å². The van der Waals surface area contributed by atoms with Crippen molar-refractivity contribution in [1.82, 2.24) is 5.32 Å². The number of hydrogen-bond donors (Lipinski definition) is 1. The molecule has 2 nitrogen and oxygen atoms in total. The summed E-state index contributed by atoms with van der Waals surface area (Å²) in [4.78, 5) is 0. The first-order chi connectivity index (χ1) is 10.6. The highest BCUT2D eigenvalue weighted by molar-refractivity contribution is 5.29. The van der Waals surface area contributed by atoms with Gasteiger partial charge in [-0.1, -0.05) is 31.2 Å². The van der Waals surface area contributed by atoms with E-state index in [-0.39, 0.29) is 18.0 Å². The van der Waals surface area contributed by atoms with Crippen LogP contribution in [-0.4, -0.2) is 6.10 Å². The van der Waals surface area contributed by atoms with Crippen LogP contribution in [0, 0.1) is 5.82 Å². The van der Waals surface area contributed by atoms with Gasteiger partial charge in [-0.05, 0) is 55.7 Å². The normalized spacial score (nSPS) is 12.4. The van der Waals surface area contributed by atoms with Crippen molar-refractivity contribution < 1.29 is 9.13 Å².